The number of pyridine rings is 1. The molecule has 1 saturated carbocycles. The lowest BCUT2D eigenvalue weighted by molar-refractivity contribution is 0.442. The van der Waals surface area contributed by atoms with Crippen molar-refractivity contribution in [1.82, 2.24) is 4.98 Å². The number of aryl methyl sites for hydroxylation is 1. The van der Waals surface area contributed by atoms with E-state index in [1.807, 2.05) is 6.20 Å². The molecule has 0 radical (unpaired) electrons. The third-order valence-corrected chi connectivity index (χ3v) is 3.59. The minimum absolute atomic E-state index is 0.781. The molecule has 0 aromatic carbocycles. The van der Waals surface area contributed by atoms with Gasteiger partial charge in [0.15, 0.2) is 0 Å². The molecule has 2 heteroatoms. The van der Waals surface area contributed by atoms with Crippen molar-refractivity contribution in [2.45, 2.75) is 44.9 Å². The van der Waals surface area contributed by atoms with E-state index in [2.05, 4.69) is 33.9 Å². The maximum Gasteiger partial charge on any atom is 0.106 e. The Morgan fingerprint density at radius 3 is 2.71 bits per heavy atom. The fraction of sp³-hybridized carbons (Fsp3) is 0.583. The van der Waals surface area contributed by atoms with E-state index in [1.165, 1.54) is 43.2 Å². The quantitative estimate of drug-likeness (QED) is 0.684. The van der Waals surface area contributed by atoms with Gasteiger partial charge in [0.25, 0.3) is 0 Å². The second-order valence-corrected chi connectivity index (χ2v) is 5.01. The van der Waals surface area contributed by atoms with E-state index in [0.29, 0.717) is 0 Å². The van der Waals surface area contributed by atoms with Gasteiger partial charge in [-0.2, -0.15) is 0 Å². The van der Waals surface area contributed by atoms with Crippen molar-refractivity contribution in [3.63, 3.8) is 0 Å². The van der Waals surface area contributed by atoms with Crippen molar-refractivity contribution >= 4 is 15.9 Å². The first-order chi connectivity index (χ1) is 6.77. The summed E-state index contributed by atoms with van der Waals surface area (Å²) in [6, 6.07) is 2.20. The van der Waals surface area contributed by atoms with Gasteiger partial charge in [0.05, 0.1) is 0 Å². The first-order valence-corrected chi connectivity index (χ1v) is 6.18. The van der Waals surface area contributed by atoms with E-state index >= 15 is 0 Å². The largest absolute Gasteiger partial charge is 0.249 e. The average Bonchev–Trinajstić information content (AvgIpc) is 2.23. The van der Waals surface area contributed by atoms with Crippen molar-refractivity contribution < 1.29 is 0 Å². The Balaban J connectivity index is 2.24. The van der Waals surface area contributed by atoms with Crippen LogP contribution in [0, 0.1) is 6.92 Å². The molecule has 1 aromatic rings. The van der Waals surface area contributed by atoms with Crippen LogP contribution >= 0.6 is 15.9 Å². The molecule has 0 atom stereocenters. The van der Waals surface area contributed by atoms with Gasteiger partial charge in [-0.3, -0.25) is 0 Å². The molecule has 0 N–H and O–H groups in total. The molecule has 1 aliphatic rings. The van der Waals surface area contributed by atoms with Crippen LogP contribution in [0.4, 0.5) is 0 Å². The third kappa shape index (κ3) is 2.17. The number of hydrogen-bond donors (Lipinski definition) is 0. The first-order valence-electron chi connectivity index (χ1n) is 5.39. The molecule has 1 nitrogen and oxygen atoms in total. The molecule has 0 unspecified atom stereocenters. The van der Waals surface area contributed by atoms with Gasteiger partial charge in [-0.1, -0.05) is 19.3 Å². The lowest BCUT2D eigenvalue weighted by Gasteiger charge is -2.23. The summed E-state index contributed by atoms with van der Waals surface area (Å²) in [5.74, 6) is 0.781. The van der Waals surface area contributed by atoms with Crippen LogP contribution in [0.5, 0.6) is 0 Å². The van der Waals surface area contributed by atoms with Crippen LogP contribution < -0.4 is 0 Å². The Morgan fingerprint density at radius 2 is 2.00 bits per heavy atom. The highest BCUT2D eigenvalue weighted by molar-refractivity contribution is 9.10. The summed E-state index contributed by atoms with van der Waals surface area (Å²) >= 11 is 3.45. The minimum Gasteiger partial charge on any atom is -0.249 e. The van der Waals surface area contributed by atoms with Crippen molar-refractivity contribution in [2.24, 2.45) is 0 Å². The molecule has 1 heterocycles. The lowest BCUT2D eigenvalue weighted by atomic mass is 9.83. The van der Waals surface area contributed by atoms with Crippen molar-refractivity contribution in [3.05, 3.63) is 28.0 Å². The van der Waals surface area contributed by atoms with Crippen LogP contribution in [0.3, 0.4) is 0 Å². The van der Waals surface area contributed by atoms with Gasteiger partial charge < -0.3 is 0 Å². The van der Waals surface area contributed by atoms with Gasteiger partial charge in [0.1, 0.15) is 4.60 Å². The van der Waals surface area contributed by atoms with Crippen LogP contribution in [0.2, 0.25) is 0 Å². The third-order valence-electron chi connectivity index (χ3n) is 3.16. The number of aromatic nitrogens is 1. The zero-order valence-electron chi connectivity index (χ0n) is 8.59. The van der Waals surface area contributed by atoms with Crippen molar-refractivity contribution in [1.29, 1.82) is 0 Å². The van der Waals surface area contributed by atoms with E-state index in [4.69, 9.17) is 0 Å². The highest BCUT2D eigenvalue weighted by Crippen LogP contribution is 2.34. The highest BCUT2D eigenvalue weighted by Gasteiger charge is 2.17. The molecule has 0 amide bonds. The summed E-state index contributed by atoms with van der Waals surface area (Å²) in [5.41, 5.74) is 2.85. The molecule has 0 bridgehead atoms. The molecular formula is C12H16BrN. The number of hydrogen-bond acceptors (Lipinski definition) is 1. The van der Waals surface area contributed by atoms with E-state index in [-0.39, 0.29) is 0 Å². The predicted octanol–water partition coefficient (Wildman–Crippen LogP) is 4.20. The Hall–Kier alpha value is -0.370. The molecule has 14 heavy (non-hydrogen) atoms. The van der Waals surface area contributed by atoms with Gasteiger partial charge in [-0.15, -0.1) is 0 Å². The minimum atomic E-state index is 0.781. The van der Waals surface area contributed by atoms with Crippen LogP contribution in [-0.2, 0) is 0 Å². The molecule has 1 aliphatic carbocycles. The number of rotatable bonds is 1. The number of nitrogens with zero attached hydrogens (tertiary/aromatic N) is 1. The summed E-state index contributed by atoms with van der Waals surface area (Å²) in [5, 5.41) is 0. The molecule has 1 fully saturated rings. The van der Waals surface area contributed by atoms with Crippen LogP contribution in [0.1, 0.15) is 49.1 Å². The summed E-state index contributed by atoms with van der Waals surface area (Å²) in [4.78, 5) is 4.25. The normalized spacial score (nSPS) is 18.4. The molecule has 0 aliphatic heterocycles. The van der Waals surface area contributed by atoms with E-state index in [0.717, 1.165) is 10.5 Å². The summed E-state index contributed by atoms with van der Waals surface area (Å²) in [6.45, 7) is 2.17. The Kier molecular flexibility index (Phi) is 3.22. The average molecular weight is 254 g/mol. The topological polar surface area (TPSA) is 12.9 Å². The van der Waals surface area contributed by atoms with E-state index < -0.39 is 0 Å². The van der Waals surface area contributed by atoms with Gasteiger partial charge in [0, 0.05) is 6.20 Å². The smallest absolute Gasteiger partial charge is 0.106 e. The van der Waals surface area contributed by atoms with E-state index in [1.54, 1.807) is 0 Å². The fourth-order valence-corrected chi connectivity index (χ4v) is 2.71. The Morgan fingerprint density at radius 1 is 1.29 bits per heavy atom. The fourth-order valence-electron chi connectivity index (χ4n) is 2.37. The Bertz CT molecular complexity index is 316. The van der Waals surface area contributed by atoms with Crippen LogP contribution in [-0.4, -0.2) is 4.98 Å². The van der Waals surface area contributed by atoms with Gasteiger partial charge >= 0.3 is 0 Å². The Labute approximate surface area is 94.1 Å². The predicted molar refractivity (Wildman–Crippen MR) is 62.5 cm³/mol. The maximum absolute atomic E-state index is 4.25. The van der Waals surface area contributed by atoms with Crippen molar-refractivity contribution in [2.75, 3.05) is 0 Å². The molecule has 0 saturated heterocycles. The molecule has 1 aromatic heterocycles. The first kappa shape index (κ1) is 10.2. The summed E-state index contributed by atoms with van der Waals surface area (Å²) in [7, 11) is 0. The molecule has 2 rings (SSSR count). The van der Waals surface area contributed by atoms with Gasteiger partial charge in [0.2, 0.25) is 0 Å². The zero-order valence-corrected chi connectivity index (χ0v) is 10.2. The zero-order chi connectivity index (χ0) is 9.97. The molecular weight excluding hydrogens is 238 g/mol. The molecule has 0 spiro atoms. The van der Waals surface area contributed by atoms with E-state index in [9.17, 15) is 0 Å². The van der Waals surface area contributed by atoms with Gasteiger partial charge in [-0.05, 0) is 58.8 Å². The maximum atomic E-state index is 4.25. The standard InChI is InChI=1S/C12H16BrN/c1-9-8-14-12(13)7-11(9)10-5-3-2-4-6-10/h7-8,10H,2-6H2,1H3. The second kappa shape index (κ2) is 4.43. The number of halogens is 1. The second-order valence-electron chi connectivity index (χ2n) is 4.20. The van der Waals surface area contributed by atoms with Gasteiger partial charge in [-0.25, -0.2) is 4.98 Å². The SMILES string of the molecule is Cc1cnc(Br)cc1C1CCCCC1. The highest BCUT2D eigenvalue weighted by atomic mass is 79.9. The monoisotopic (exact) mass is 253 g/mol. The summed E-state index contributed by atoms with van der Waals surface area (Å²) < 4.78 is 0.976. The lowest BCUT2D eigenvalue weighted by Crippen LogP contribution is -2.06. The van der Waals surface area contributed by atoms with Crippen LogP contribution in [0.15, 0.2) is 16.9 Å². The summed E-state index contributed by atoms with van der Waals surface area (Å²) in [6.07, 6.45) is 8.90. The van der Waals surface area contributed by atoms with Crippen LogP contribution in [0.25, 0.3) is 0 Å². The van der Waals surface area contributed by atoms with Crippen molar-refractivity contribution in [3.8, 4) is 0 Å². The molecule has 76 valence electrons.